The van der Waals surface area contributed by atoms with Crippen LogP contribution in [0.3, 0.4) is 0 Å². The molecule has 9 nitrogen and oxygen atoms in total. The SMILES string of the molecule is CCCCCCCCCCC/C=C/C(=O)C[C@@H]1C[C@@H]1NC(=O)/C=C/CCCCCCCCCCC.O=C(/C=C/CCCCCCCCCCCO)N[C@@H]1CC[C@H]1NC(=O)/C=C/CCCCCCCCCCCCO. The molecule has 4 atom stereocenters. The van der Waals surface area contributed by atoms with Gasteiger partial charge in [-0.3, -0.25) is 19.2 Å². The van der Waals surface area contributed by atoms with Crippen LogP contribution in [0.1, 0.15) is 303 Å². The Balaban J connectivity index is 0.000000744. The molecule has 0 heterocycles. The quantitative estimate of drug-likeness (QED) is 0.0303. The highest BCUT2D eigenvalue weighted by Gasteiger charge is 2.38. The molecule has 2 saturated carbocycles. The molecule has 2 rings (SSSR count). The molecule has 74 heavy (non-hydrogen) atoms. The average molecular weight is 1040 g/mol. The third kappa shape index (κ3) is 46.3. The maximum absolute atomic E-state index is 12.2. The van der Waals surface area contributed by atoms with Crippen molar-refractivity contribution in [2.24, 2.45) is 5.92 Å². The molecular weight excluding hydrogens is 919 g/mol. The van der Waals surface area contributed by atoms with Crippen molar-refractivity contribution in [1.82, 2.24) is 16.0 Å². The van der Waals surface area contributed by atoms with Crippen LogP contribution in [-0.2, 0) is 19.2 Å². The van der Waals surface area contributed by atoms with E-state index in [1.165, 1.54) is 199 Å². The number of allylic oxidation sites excluding steroid dienone is 5. The van der Waals surface area contributed by atoms with E-state index in [0.29, 0.717) is 25.6 Å². The normalized spacial score (nSPS) is 17.2. The minimum Gasteiger partial charge on any atom is -0.396 e. The van der Waals surface area contributed by atoms with E-state index < -0.39 is 0 Å². The Kier molecular flexibility index (Phi) is 49.7. The minimum absolute atomic E-state index is 0.00165. The topological polar surface area (TPSA) is 145 Å². The van der Waals surface area contributed by atoms with Crippen LogP contribution in [0.25, 0.3) is 0 Å². The lowest BCUT2D eigenvalue weighted by Gasteiger charge is -2.37. The number of hydrogen-bond donors (Lipinski definition) is 5. The molecule has 0 aromatic heterocycles. The third-order valence-corrected chi connectivity index (χ3v) is 15.0. The highest BCUT2D eigenvalue weighted by atomic mass is 16.3. The molecule has 0 spiro atoms. The second-order valence-corrected chi connectivity index (χ2v) is 22.2. The first-order chi connectivity index (χ1) is 36.3. The molecule has 0 aromatic rings. The monoisotopic (exact) mass is 1040 g/mol. The van der Waals surface area contributed by atoms with E-state index in [0.717, 1.165) is 83.5 Å². The summed E-state index contributed by atoms with van der Waals surface area (Å²) in [5.41, 5.74) is 0. The summed E-state index contributed by atoms with van der Waals surface area (Å²) < 4.78 is 0. The van der Waals surface area contributed by atoms with Crippen molar-refractivity contribution in [2.45, 2.75) is 321 Å². The lowest BCUT2D eigenvalue weighted by atomic mass is 9.86. The molecule has 5 N–H and O–H groups in total. The number of hydrogen-bond acceptors (Lipinski definition) is 6. The standard InChI is InChI=1S/C33H60N2O4.C32H57NO2/c36-28-22-18-14-10-6-2-1-4-8-12-16-20-24-32(38)34-30-26-27-31(30)35-33(39)25-21-17-13-9-5-3-7-11-15-19-23-29-37;1-3-5-7-9-11-13-15-17-19-21-23-25-30(34)27-29-28-31(29)33-32(35)26-24-22-20-18-16-14-12-10-8-6-4-2/h20-21,24-25,30-31,36-37H,1-19,22-23,26-29H2,(H,34,38)(H,35,39);23-26,29,31H,3-22,27-28H2,1-2H3,(H,33,35)/b24-20+,25-21+;25-23+,26-24+/t30-,31-;29-,31+/m11/s1. The molecule has 0 unspecified atom stereocenters. The predicted octanol–water partition coefficient (Wildman–Crippen LogP) is 16.4. The first-order valence-corrected chi connectivity index (χ1v) is 31.7. The fraction of sp³-hybridized carbons (Fsp3) is 0.815. The second-order valence-electron chi connectivity index (χ2n) is 22.2. The largest absolute Gasteiger partial charge is 0.396 e. The molecule has 9 heteroatoms. The van der Waals surface area contributed by atoms with Crippen LogP contribution >= 0.6 is 0 Å². The number of carbonyl (C=O) groups is 4. The average Bonchev–Trinajstić information content (AvgIpc) is 4.12. The summed E-state index contributed by atoms with van der Waals surface area (Å²) in [6, 6.07) is 0.257. The number of carbonyl (C=O) groups excluding carboxylic acids is 4. The highest BCUT2D eigenvalue weighted by Crippen LogP contribution is 2.34. The van der Waals surface area contributed by atoms with Gasteiger partial charge in [-0.2, -0.15) is 0 Å². The molecule has 2 fully saturated rings. The van der Waals surface area contributed by atoms with Gasteiger partial charge in [-0.15, -0.1) is 0 Å². The third-order valence-electron chi connectivity index (χ3n) is 15.0. The van der Waals surface area contributed by atoms with Crippen LogP contribution < -0.4 is 16.0 Å². The molecule has 2 aliphatic carbocycles. The van der Waals surface area contributed by atoms with Gasteiger partial charge in [-0.25, -0.2) is 0 Å². The van der Waals surface area contributed by atoms with Crippen molar-refractivity contribution >= 4 is 23.5 Å². The van der Waals surface area contributed by atoms with Gasteiger partial charge in [0.25, 0.3) is 0 Å². The van der Waals surface area contributed by atoms with Gasteiger partial charge in [-0.1, -0.05) is 237 Å². The molecule has 2 aliphatic rings. The van der Waals surface area contributed by atoms with Crippen LogP contribution in [0.2, 0.25) is 0 Å². The molecule has 0 aliphatic heterocycles. The van der Waals surface area contributed by atoms with Gasteiger partial charge in [0.1, 0.15) is 0 Å². The number of ketones is 1. The van der Waals surface area contributed by atoms with Crippen LogP contribution in [0.4, 0.5) is 0 Å². The summed E-state index contributed by atoms with van der Waals surface area (Å²) in [7, 11) is 0. The lowest BCUT2D eigenvalue weighted by Crippen LogP contribution is -2.57. The van der Waals surface area contributed by atoms with Crippen LogP contribution in [-0.4, -0.2) is 65.1 Å². The van der Waals surface area contributed by atoms with Gasteiger partial charge >= 0.3 is 0 Å². The molecule has 3 amide bonds. The van der Waals surface area contributed by atoms with E-state index in [1.54, 1.807) is 24.3 Å². The highest BCUT2D eigenvalue weighted by molar-refractivity contribution is 5.91. The first-order valence-electron chi connectivity index (χ1n) is 31.7. The number of amides is 3. The van der Waals surface area contributed by atoms with Crippen LogP contribution in [0.15, 0.2) is 48.6 Å². The van der Waals surface area contributed by atoms with E-state index >= 15 is 0 Å². The number of aliphatic hydroxyl groups is 2. The van der Waals surface area contributed by atoms with Gasteiger partial charge in [0.2, 0.25) is 17.7 Å². The molecule has 0 aromatic carbocycles. The van der Waals surface area contributed by atoms with E-state index in [9.17, 15) is 19.2 Å². The fourth-order valence-corrected chi connectivity index (χ4v) is 9.85. The zero-order valence-corrected chi connectivity index (χ0v) is 48.2. The van der Waals surface area contributed by atoms with Crippen molar-refractivity contribution in [2.75, 3.05) is 13.2 Å². The minimum atomic E-state index is -0.0564. The summed E-state index contributed by atoms with van der Waals surface area (Å²) in [5.74, 6) is 0.430. The van der Waals surface area contributed by atoms with Gasteiger partial charge in [0.15, 0.2) is 5.78 Å². The van der Waals surface area contributed by atoms with Crippen LogP contribution in [0.5, 0.6) is 0 Å². The second kappa shape index (κ2) is 53.4. The molecule has 0 saturated heterocycles. The van der Waals surface area contributed by atoms with Crippen molar-refractivity contribution in [3.8, 4) is 0 Å². The Morgan fingerprint density at radius 1 is 0.351 bits per heavy atom. The van der Waals surface area contributed by atoms with E-state index in [2.05, 4.69) is 35.9 Å². The summed E-state index contributed by atoms with van der Waals surface area (Å²) in [6.07, 6.45) is 68.8. The van der Waals surface area contributed by atoms with Crippen molar-refractivity contribution in [3.05, 3.63) is 48.6 Å². The lowest BCUT2D eigenvalue weighted by molar-refractivity contribution is -0.121. The molecular formula is C65H117N3O6. The Bertz CT molecular complexity index is 1390. The van der Waals surface area contributed by atoms with E-state index in [-0.39, 0.29) is 41.6 Å². The van der Waals surface area contributed by atoms with Gasteiger partial charge in [0.05, 0.1) is 0 Å². The van der Waals surface area contributed by atoms with Crippen molar-refractivity contribution in [1.29, 1.82) is 0 Å². The predicted molar refractivity (Wildman–Crippen MR) is 314 cm³/mol. The maximum atomic E-state index is 12.2. The Labute approximate surface area is 455 Å². The van der Waals surface area contributed by atoms with Crippen molar-refractivity contribution in [3.63, 3.8) is 0 Å². The number of rotatable bonds is 52. The van der Waals surface area contributed by atoms with Crippen LogP contribution in [0, 0.1) is 5.92 Å². The molecule has 0 bridgehead atoms. The smallest absolute Gasteiger partial charge is 0.243 e. The van der Waals surface area contributed by atoms with Crippen molar-refractivity contribution < 1.29 is 29.4 Å². The summed E-state index contributed by atoms with van der Waals surface area (Å²) >= 11 is 0. The fourth-order valence-electron chi connectivity index (χ4n) is 9.85. The summed E-state index contributed by atoms with van der Waals surface area (Å²) in [5, 5.41) is 26.7. The summed E-state index contributed by atoms with van der Waals surface area (Å²) in [4.78, 5) is 48.7. The Hall–Kier alpha value is -3.04. The Morgan fingerprint density at radius 3 is 0.892 bits per heavy atom. The molecule has 428 valence electrons. The van der Waals surface area contributed by atoms with Gasteiger partial charge in [0, 0.05) is 37.8 Å². The molecule has 0 radical (unpaired) electrons. The number of unbranched alkanes of at least 4 members (excludes halogenated alkanes) is 37. The number of aliphatic hydroxyl groups excluding tert-OH is 2. The maximum Gasteiger partial charge on any atom is 0.243 e. The van der Waals surface area contributed by atoms with Gasteiger partial charge in [-0.05, 0) is 114 Å². The Morgan fingerprint density at radius 2 is 0.608 bits per heavy atom. The van der Waals surface area contributed by atoms with E-state index in [4.69, 9.17) is 10.2 Å². The zero-order chi connectivity index (χ0) is 53.6. The number of nitrogens with one attached hydrogen (secondary N) is 3. The summed E-state index contributed by atoms with van der Waals surface area (Å²) in [6.45, 7) is 5.16. The van der Waals surface area contributed by atoms with Gasteiger partial charge < -0.3 is 26.2 Å². The van der Waals surface area contributed by atoms with E-state index in [1.807, 2.05) is 18.2 Å². The zero-order valence-electron chi connectivity index (χ0n) is 48.2. The first kappa shape index (κ1) is 69.0.